The van der Waals surface area contributed by atoms with Crippen molar-refractivity contribution in [3.63, 3.8) is 0 Å². The first-order chi connectivity index (χ1) is 11.8. The number of sulfone groups is 1. The molecular weight excluding hydrogens is 483 g/mol. The summed E-state index contributed by atoms with van der Waals surface area (Å²) in [6.07, 6.45) is 3.96. The Balaban J connectivity index is 0.00000338. The molecule has 0 saturated heterocycles. The Bertz CT molecular complexity index is 863. The molecule has 9 heteroatoms. The smallest absolute Gasteiger partial charge is 0.191 e. The van der Waals surface area contributed by atoms with Gasteiger partial charge in [-0.1, -0.05) is 12.1 Å². The maximum atomic E-state index is 11.7. The van der Waals surface area contributed by atoms with Gasteiger partial charge in [0, 0.05) is 43.9 Å². The van der Waals surface area contributed by atoms with E-state index < -0.39 is 9.84 Å². The van der Waals surface area contributed by atoms with E-state index in [1.807, 2.05) is 32.2 Å². The molecular formula is C17H25IN4O2S2. The third-order valence-corrected chi connectivity index (χ3v) is 5.85. The molecule has 0 fully saturated rings. The molecule has 0 unspecified atom stereocenters. The first kappa shape index (κ1) is 22.8. The molecule has 1 heterocycles. The zero-order valence-corrected chi connectivity index (χ0v) is 19.3. The van der Waals surface area contributed by atoms with E-state index in [1.165, 1.54) is 11.1 Å². The van der Waals surface area contributed by atoms with Crippen molar-refractivity contribution in [2.45, 2.75) is 31.7 Å². The fourth-order valence-electron chi connectivity index (χ4n) is 2.45. The Morgan fingerprint density at radius 1 is 1.27 bits per heavy atom. The fourth-order valence-corrected chi connectivity index (χ4v) is 4.19. The summed E-state index contributed by atoms with van der Waals surface area (Å²) in [5.41, 5.74) is 1.76. The van der Waals surface area contributed by atoms with Gasteiger partial charge in [-0.2, -0.15) is 0 Å². The maximum absolute atomic E-state index is 11.7. The Labute approximate surface area is 176 Å². The lowest BCUT2D eigenvalue weighted by Crippen LogP contribution is -2.37. The van der Waals surface area contributed by atoms with Crippen LogP contribution in [0.4, 0.5) is 0 Å². The monoisotopic (exact) mass is 508 g/mol. The van der Waals surface area contributed by atoms with Gasteiger partial charge in [0.1, 0.15) is 0 Å². The molecule has 6 nitrogen and oxygen atoms in total. The van der Waals surface area contributed by atoms with Crippen molar-refractivity contribution in [3.05, 3.63) is 45.4 Å². The summed E-state index contributed by atoms with van der Waals surface area (Å²) >= 11 is 1.70. The summed E-state index contributed by atoms with van der Waals surface area (Å²) < 4.78 is 23.3. The summed E-state index contributed by atoms with van der Waals surface area (Å²) in [6, 6.07) is 5.36. The maximum Gasteiger partial charge on any atom is 0.191 e. The average Bonchev–Trinajstić information content (AvgIpc) is 2.95. The highest BCUT2D eigenvalue weighted by Crippen LogP contribution is 2.16. The van der Waals surface area contributed by atoms with Crippen LogP contribution >= 0.6 is 35.3 Å². The molecule has 2 aromatic rings. The van der Waals surface area contributed by atoms with Crippen LogP contribution < -0.4 is 10.6 Å². The third-order valence-electron chi connectivity index (χ3n) is 3.62. The molecule has 0 aliphatic heterocycles. The molecule has 26 heavy (non-hydrogen) atoms. The van der Waals surface area contributed by atoms with Crippen molar-refractivity contribution < 1.29 is 8.42 Å². The molecule has 0 aliphatic carbocycles. The molecule has 1 aromatic carbocycles. The van der Waals surface area contributed by atoms with Gasteiger partial charge < -0.3 is 10.6 Å². The van der Waals surface area contributed by atoms with Crippen LogP contribution in [0.3, 0.4) is 0 Å². The number of rotatable bonds is 6. The van der Waals surface area contributed by atoms with E-state index in [4.69, 9.17) is 0 Å². The lowest BCUT2D eigenvalue weighted by atomic mass is 10.1. The summed E-state index contributed by atoms with van der Waals surface area (Å²) in [7, 11) is -1.46. The molecule has 0 aliphatic rings. The van der Waals surface area contributed by atoms with Crippen molar-refractivity contribution in [2.75, 3.05) is 19.8 Å². The molecule has 0 radical (unpaired) electrons. The molecule has 0 atom stereocenters. The predicted molar refractivity (Wildman–Crippen MR) is 118 cm³/mol. The predicted octanol–water partition coefficient (Wildman–Crippen LogP) is 2.69. The largest absolute Gasteiger partial charge is 0.356 e. The van der Waals surface area contributed by atoms with E-state index >= 15 is 0 Å². The molecule has 144 valence electrons. The van der Waals surface area contributed by atoms with Gasteiger partial charge in [0.15, 0.2) is 15.8 Å². The average molecular weight is 508 g/mol. The lowest BCUT2D eigenvalue weighted by Gasteiger charge is -2.12. The number of guanidine groups is 1. The van der Waals surface area contributed by atoms with Gasteiger partial charge in [0.2, 0.25) is 0 Å². The van der Waals surface area contributed by atoms with Crippen molar-refractivity contribution in [1.29, 1.82) is 0 Å². The lowest BCUT2D eigenvalue weighted by molar-refractivity contribution is 0.601. The molecule has 0 amide bonds. The zero-order chi connectivity index (χ0) is 18.4. The molecule has 2 rings (SSSR count). The van der Waals surface area contributed by atoms with Gasteiger partial charge in [-0.05, 0) is 31.0 Å². The van der Waals surface area contributed by atoms with Gasteiger partial charge in [-0.3, -0.25) is 4.99 Å². The number of thiazole rings is 1. The van der Waals surface area contributed by atoms with Gasteiger partial charge in [-0.25, -0.2) is 13.4 Å². The first-order valence-electron chi connectivity index (χ1n) is 7.95. The summed E-state index contributed by atoms with van der Waals surface area (Å²) in [5.74, 6) is 0.707. The van der Waals surface area contributed by atoms with E-state index in [1.54, 1.807) is 24.5 Å². The van der Waals surface area contributed by atoms with Crippen LogP contribution in [0.15, 0.2) is 34.3 Å². The van der Waals surface area contributed by atoms with Gasteiger partial charge >= 0.3 is 0 Å². The SMILES string of the molecule is CN=C(NCCc1ncc(C)s1)NCc1ccc(S(C)(=O)=O)c(C)c1.I. The number of halogens is 1. The highest BCUT2D eigenvalue weighted by atomic mass is 127. The van der Waals surface area contributed by atoms with Crippen LogP contribution in [0, 0.1) is 13.8 Å². The van der Waals surface area contributed by atoms with E-state index in [-0.39, 0.29) is 24.0 Å². The van der Waals surface area contributed by atoms with E-state index in [9.17, 15) is 8.42 Å². The molecule has 0 bridgehead atoms. The number of nitrogens with one attached hydrogen (secondary N) is 2. The normalized spacial score (nSPS) is 11.8. The quantitative estimate of drug-likeness (QED) is 0.356. The van der Waals surface area contributed by atoms with Crippen molar-refractivity contribution in [2.24, 2.45) is 4.99 Å². The highest BCUT2D eigenvalue weighted by Gasteiger charge is 2.11. The second kappa shape index (κ2) is 10.2. The second-order valence-electron chi connectivity index (χ2n) is 5.84. The third kappa shape index (κ3) is 6.84. The number of nitrogens with zero attached hydrogens (tertiary/aromatic N) is 2. The number of aryl methyl sites for hydroxylation is 2. The fraction of sp³-hybridized carbons (Fsp3) is 0.412. The number of aromatic nitrogens is 1. The minimum absolute atomic E-state index is 0. The minimum atomic E-state index is -3.18. The summed E-state index contributed by atoms with van der Waals surface area (Å²) in [6.45, 7) is 5.18. The van der Waals surface area contributed by atoms with Gasteiger partial charge in [-0.15, -0.1) is 35.3 Å². The first-order valence-corrected chi connectivity index (χ1v) is 10.7. The van der Waals surface area contributed by atoms with E-state index in [2.05, 4.69) is 20.6 Å². The molecule has 0 saturated carbocycles. The van der Waals surface area contributed by atoms with Crippen LogP contribution in [-0.4, -0.2) is 39.2 Å². The number of hydrogen-bond acceptors (Lipinski definition) is 5. The molecule has 2 N–H and O–H groups in total. The standard InChI is InChI=1S/C17H24N4O2S2.HI/c1-12-9-14(5-6-15(12)25(4,22)23)11-21-17(18-3)19-8-7-16-20-10-13(2)24-16;/h5-6,9-10H,7-8,11H2,1-4H3,(H2,18,19,21);1H. The van der Waals surface area contributed by atoms with Crippen LogP contribution in [0.5, 0.6) is 0 Å². The van der Waals surface area contributed by atoms with Crippen molar-refractivity contribution in [3.8, 4) is 0 Å². The van der Waals surface area contributed by atoms with Gasteiger partial charge in [0.25, 0.3) is 0 Å². The van der Waals surface area contributed by atoms with E-state index in [0.29, 0.717) is 17.4 Å². The van der Waals surface area contributed by atoms with Gasteiger partial charge in [0.05, 0.1) is 9.90 Å². The summed E-state index contributed by atoms with van der Waals surface area (Å²) in [4.78, 5) is 10.1. The Morgan fingerprint density at radius 3 is 2.54 bits per heavy atom. The van der Waals surface area contributed by atoms with Crippen molar-refractivity contribution in [1.82, 2.24) is 15.6 Å². The summed E-state index contributed by atoms with van der Waals surface area (Å²) in [5, 5.41) is 7.60. The Kier molecular flexibility index (Phi) is 8.97. The Hall–Kier alpha value is -1.20. The van der Waals surface area contributed by atoms with E-state index in [0.717, 1.165) is 29.1 Å². The Morgan fingerprint density at radius 2 is 2.00 bits per heavy atom. The van der Waals surface area contributed by atoms with Crippen LogP contribution in [-0.2, 0) is 22.8 Å². The topological polar surface area (TPSA) is 83.4 Å². The van der Waals surface area contributed by atoms with Crippen molar-refractivity contribution >= 4 is 51.1 Å². The minimum Gasteiger partial charge on any atom is -0.356 e. The molecule has 0 spiro atoms. The molecule has 1 aromatic heterocycles. The van der Waals surface area contributed by atoms with Crippen LogP contribution in [0.1, 0.15) is 21.0 Å². The van der Waals surface area contributed by atoms with Crippen LogP contribution in [0.25, 0.3) is 0 Å². The highest BCUT2D eigenvalue weighted by molar-refractivity contribution is 14.0. The van der Waals surface area contributed by atoms with Crippen LogP contribution in [0.2, 0.25) is 0 Å². The zero-order valence-electron chi connectivity index (χ0n) is 15.4. The number of aliphatic imine (C=N–C) groups is 1. The second-order valence-corrected chi connectivity index (χ2v) is 9.14. The number of hydrogen-bond donors (Lipinski definition) is 2. The number of benzene rings is 1.